The zero-order valence-electron chi connectivity index (χ0n) is 8.42. The monoisotopic (exact) mass is 183 g/mol. The van der Waals surface area contributed by atoms with E-state index in [0.717, 1.165) is 0 Å². The minimum absolute atomic E-state index is 0.450. The van der Waals surface area contributed by atoms with E-state index in [-0.39, 0.29) is 0 Å². The van der Waals surface area contributed by atoms with E-state index in [4.69, 9.17) is 0 Å². The van der Waals surface area contributed by atoms with Crippen molar-refractivity contribution in [3.8, 4) is 0 Å². The third-order valence-corrected chi connectivity index (χ3v) is 3.38. The van der Waals surface area contributed by atoms with E-state index >= 15 is 0 Å². The molecule has 0 unspecified atom stereocenters. The highest BCUT2D eigenvalue weighted by atomic mass is 28.3. The van der Waals surface area contributed by atoms with Gasteiger partial charge in [-0.15, -0.1) is 5.70 Å². The number of hydrogen-bond donors (Lipinski definition) is 0. The molecule has 0 aromatic carbocycles. The molecule has 12 heavy (non-hydrogen) atoms. The first-order valence-electron chi connectivity index (χ1n) is 5.18. The lowest BCUT2D eigenvalue weighted by atomic mass is 10.1. The maximum Gasteiger partial charge on any atom is 0.0550 e. The molecule has 0 atom stereocenters. The van der Waals surface area contributed by atoms with Crippen LogP contribution < -0.4 is 0 Å². The van der Waals surface area contributed by atoms with Gasteiger partial charge in [0.1, 0.15) is 0 Å². The molecule has 1 rings (SSSR count). The molecule has 0 aliphatic carbocycles. The molecule has 0 N–H and O–H groups in total. The van der Waals surface area contributed by atoms with E-state index in [1.54, 1.807) is 0 Å². The molecule has 2 heteroatoms. The van der Waals surface area contributed by atoms with Crippen molar-refractivity contribution in [2.24, 2.45) is 0 Å². The molecule has 1 aliphatic heterocycles. The Morgan fingerprint density at radius 2 is 1.83 bits per heavy atom. The average Bonchev–Trinajstić information content (AvgIpc) is 2.05. The van der Waals surface area contributed by atoms with Gasteiger partial charge in [-0.2, -0.15) is 0 Å². The van der Waals surface area contributed by atoms with Crippen LogP contribution in [0.5, 0.6) is 0 Å². The zero-order chi connectivity index (χ0) is 8.81. The van der Waals surface area contributed by atoms with Gasteiger partial charge in [0.25, 0.3) is 0 Å². The van der Waals surface area contributed by atoms with Crippen LogP contribution >= 0.6 is 0 Å². The maximum absolute atomic E-state index is 2.57. The molecule has 1 aliphatic rings. The molecular weight excluding hydrogens is 162 g/mol. The van der Waals surface area contributed by atoms with Gasteiger partial charge in [0, 0.05) is 6.54 Å². The highest BCUT2D eigenvalue weighted by Crippen LogP contribution is 2.07. The fourth-order valence-electron chi connectivity index (χ4n) is 1.62. The van der Waals surface area contributed by atoms with E-state index in [2.05, 4.69) is 29.8 Å². The second-order valence-corrected chi connectivity index (χ2v) is 6.91. The topological polar surface area (TPSA) is 3.24 Å². The summed E-state index contributed by atoms with van der Waals surface area (Å²) in [4.78, 5) is 2.57. The normalized spacial score (nSPS) is 20.9. The van der Waals surface area contributed by atoms with Gasteiger partial charge in [0.15, 0.2) is 0 Å². The van der Waals surface area contributed by atoms with Gasteiger partial charge in [-0.1, -0.05) is 25.6 Å². The second-order valence-electron chi connectivity index (χ2n) is 4.03. The van der Waals surface area contributed by atoms with E-state index in [9.17, 15) is 0 Å². The lowest BCUT2D eigenvalue weighted by molar-refractivity contribution is 0.251. The van der Waals surface area contributed by atoms with Gasteiger partial charge in [-0.05, 0) is 25.9 Å². The van der Waals surface area contributed by atoms with Crippen LogP contribution in [0.4, 0.5) is 0 Å². The number of nitrogens with zero attached hydrogens (tertiary/aromatic N) is 1. The third-order valence-electron chi connectivity index (χ3n) is 2.33. The minimum Gasteiger partial charge on any atom is -0.300 e. The predicted molar refractivity (Wildman–Crippen MR) is 58.3 cm³/mol. The zero-order valence-corrected chi connectivity index (χ0v) is 9.58. The van der Waals surface area contributed by atoms with E-state index < -0.39 is 8.80 Å². The van der Waals surface area contributed by atoms with Gasteiger partial charge >= 0.3 is 0 Å². The minimum atomic E-state index is -0.450. The van der Waals surface area contributed by atoms with Crippen LogP contribution in [0.2, 0.25) is 13.1 Å². The number of piperidine rings is 1. The van der Waals surface area contributed by atoms with Crippen molar-refractivity contribution in [2.45, 2.75) is 32.4 Å². The first-order valence-corrected chi connectivity index (χ1v) is 8.15. The van der Waals surface area contributed by atoms with Crippen molar-refractivity contribution in [3.05, 3.63) is 11.8 Å². The molecule has 1 saturated heterocycles. The SMILES string of the molecule is C[SiH](C)C=CCN1CCCCC1. The largest absolute Gasteiger partial charge is 0.300 e. The highest BCUT2D eigenvalue weighted by Gasteiger charge is 2.07. The lowest BCUT2D eigenvalue weighted by Crippen LogP contribution is -2.29. The molecular formula is C10H21NSi. The molecule has 0 radical (unpaired) electrons. The Hall–Kier alpha value is -0.0831. The fraction of sp³-hybridized carbons (Fsp3) is 0.800. The van der Waals surface area contributed by atoms with Crippen molar-refractivity contribution >= 4 is 8.80 Å². The Bertz CT molecular complexity index is 137. The van der Waals surface area contributed by atoms with Gasteiger partial charge in [0.05, 0.1) is 8.80 Å². The summed E-state index contributed by atoms with van der Waals surface area (Å²) in [6.45, 7) is 8.58. The molecule has 0 aromatic heterocycles. The molecule has 0 amide bonds. The van der Waals surface area contributed by atoms with Crippen LogP contribution in [0.1, 0.15) is 19.3 Å². The van der Waals surface area contributed by atoms with Gasteiger partial charge < -0.3 is 0 Å². The van der Waals surface area contributed by atoms with Crippen LogP contribution in [0.25, 0.3) is 0 Å². The summed E-state index contributed by atoms with van der Waals surface area (Å²) in [5, 5.41) is 0. The number of hydrogen-bond acceptors (Lipinski definition) is 1. The van der Waals surface area contributed by atoms with Crippen LogP contribution in [0, 0.1) is 0 Å². The Balaban J connectivity index is 2.12. The molecule has 0 bridgehead atoms. The quantitative estimate of drug-likeness (QED) is 0.605. The van der Waals surface area contributed by atoms with Crippen molar-refractivity contribution in [2.75, 3.05) is 19.6 Å². The average molecular weight is 183 g/mol. The van der Waals surface area contributed by atoms with E-state index in [0.29, 0.717) is 0 Å². The Morgan fingerprint density at radius 3 is 2.42 bits per heavy atom. The number of likely N-dealkylation sites (tertiary alicyclic amines) is 1. The smallest absolute Gasteiger partial charge is 0.0550 e. The van der Waals surface area contributed by atoms with Crippen molar-refractivity contribution < 1.29 is 0 Å². The Morgan fingerprint density at radius 1 is 1.17 bits per heavy atom. The summed E-state index contributed by atoms with van der Waals surface area (Å²) in [5.41, 5.74) is 2.44. The summed E-state index contributed by atoms with van der Waals surface area (Å²) in [7, 11) is -0.450. The van der Waals surface area contributed by atoms with Crippen LogP contribution in [-0.4, -0.2) is 33.3 Å². The fourth-order valence-corrected chi connectivity index (χ4v) is 2.29. The van der Waals surface area contributed by atoms with Crippen molar-refractivity contribution in [1.82, 2.24) is 4.90 Å². The molecule has 70 valence electrons. The predicted octanol–water partition coefficient (Wildman–Crippen LogP) is 2.05. The van der Waals surface area contributed by atoms with Crippen molar-refractivity contribution in [3.63, 3.8) is 0 Å². The number of rotatable bonds is 3. The third kappa shape index (κ3) is 4.07. The molecule has 1 fully saturated rings. The molecule has 0 saturated carbocycles. The van der Waals surface area contributed by atoms with Gasteiger partial charge in [-0.25, -0.2) is 0 Å². The summed E-state index contributed by atoms with van der Waals surface area (Å²) < 4.78 is 0. The highest BCUT2D eigenvalue weighted by molar-refractivity contribution is 6.61. The lowest BCUT2D eigenvalue weighted by Gasteiger charge is -2.24. The first kappa shape index (κ1) is 10.0. The maximum atomic E-state index is 2.57. The van der Waals surface area contributed by atoms with Crippen molar-refractivity contribution in [1.29, 1.82) is 0 Å². The second kappa shape index (κ2) is 5.54. The summed E-state index contributed by atoms with van der Waals surface area (Å²) >= 11 is 0. The van der Waals surface area contributed by atoms with Crippen LogP contribution in [0.3, 0.4) is 0 Å². The van der Waals surface area contributed by atoms with Crippen LogP contribution in [0.15, 0.2) is 11.8 Å². The van der Waals surface area contributed by atoms with Gasteiger partial charge in [-0.3, -0.25) is 4.90 Å². The van der Waals surface area contributed by atoms with E-state index in [1.807, 2.05) is 0 Å². The Labute approximate surface area is 78.1 Å². The molecule has 0 spiro atoms. The first-order chi connectivity index (χ1) is 5.79. The van der Waals surface area contributed by atoms with Gasteiger partial charge in [0.2, 0.25) is 0 Å². The Kier molecular flexibility index (Phi) is 4.62. The molecule has 1 heterocycles. The standard InChI is InChI=1S/C10H21NSi/c1-12(2)10-6-9-11-7-4-3-5-8-11/h6,10,12H,3-5,7-9H2,1-2H3. The van der Waals surface area contributed by atoms with E-state index in [1.165, 1.54) is 38.9 Å². The summed E-state index contributed by atoms with van der Waals surface area (Å²) in [5.74, 6) is 0. The summed E-state index contributed by atoms with van der Waals surface area (Å²) in [6, 6.07) is 0. The molecule has 1 nitrogen and oxygen atoms in total. The molecule has 0 aromatic rings. The summed E-state index contributed by atoms with van der Waals surface area (Å²) in [6.07, 6.45) is 6.64. The van der Waals surface area contributed by atoms with Crippen LogP contribution in [-0.2, 0) is 0 Å².